The maximum Gasteiger partial charge on any atom is 0.0476 e. The van der Waals surface area contributed by atoms with Crippen LogP contribution in [0, 0.1) is 11.8 Å². The second-order valence-electron chi connectivity index (χ2n) is 12.2. The summed E-state index contributed by atoms with van der Waals surface area (Å²) in [6.07, 6.45) is 19.1. The van der Waals surface area contributed by atoms with E-state index in [4.69, 9.17) is 0 Å². The molecule has 3 aliphatic carbocycles. The highest BCUT2D eigenvalue weighted by molar-refractivity contribution is 7.58. The minimum atomic E-state index is -0.964. The molecule has 0 aromatic carbocycles. The van der Waals surface area contributed by atoms with Crippen LogP contribution in [-0.4, -0.2) is 34.1 Å². The van der Waals surface area contributed by atoms with Gasteiger partial charge in [-0.3, -0.25) is 0 Å². The first kappa shape index (κ1) is 21.6. The van der Waals surface area contributed by atoms with Gasteiger partial charge in [-0.15, -0.1) is 7.92 Å². The summed E-state index contributed by atoms with van der Waals surface area (Å²) in [6, 6.07) is 0. The molecule has 0 heterocycles. The molecule has 0 saturated heterocycles. The van der Waals surface area contributed by atoms with Crippen LogP contribution >= 0.6 is 7.92 Å². The highest BCUT2D eigenvalue weighted by Gasteiger charge is 2.42. The Labute approximate surface area is 168 Å². The van der Waals surface area contributed by atoms with Crippen molar-refractivity contribution in [3.05, 3.63) is 0 Å². The Morgan fingerprint density at radius 1 is 0.577 bits per heavy atom. The molecule has 0 bridgehead atoms. The van der Waals surface area contributed by atoms with Gasteiger partial charge in [-0.1, -0.05) is 90.6 Å². The molecule has 0 radical (unpaired) electrons. The van der Waals surface area contributed by atoms with Gasteiger partial charge in [0.05, 0.1) is 0 Å². The molecule has 0 aliphatic heterocycles. The Balaban J connectivity index is 1.69. The van der Waals surface area contributed by atoms with E-state index in [0.29, 0.717) is 7.92 Å². The van der Waals surface area contributed by atoms with E-state index in [1.54, 1.807) is 76.5 Å². The lowest BCUT2D eigenvalue weighted by molar-refractivity contribution is 0.580. The first-order valence-corrected chi connectivity index (χ1v) is 20.8. The van der Waals surface area contributed by atoms with Crippen LogP contribution in [0.15, 0.2) is 0 Å². The molecular formula is C23H47PSi2. The van der Waals surface area contributed by atoms with Crippen molar-refractivity contribution in [3.8, 4) is 0 Å². The molecule has 3 aliphatic rings. The molecule has 4 unspecified atom stereocenters. The smallest absolute Gasteiger partial charge is 0.0476 e. The van der Waals surface area contributed by atoms with Crippen molar-refractivity contribution in [3.63, 3.8) is 0 Å². The van der Waals surface area contributed by atoms with Crippen LogP contribution in [-0.2, 0) is 0 Å². The Morgan fingerprint density at radius 3 is 1.38 bits per heavy atom. The van der Waals surface area contributed by atoms with Gasteiger partial charge in [0, 0.05) is 16.1 Å². The second kappa shape index (κ2) is 8.70. The second-order valence-corrected chi connectivity index (χ2v) is 25.8. The van der Waals surface area contributed by atoms with Crippen LogP contribution in [0.3, 0.4) is 0 Å². The van der Waals surface area contributed by atoms with Crippen molar-refractivity contribution in [1.82, 2.24) is 0 Å². The van der Waals surface area contributed by atoms with Crippen LogP contribution in [0.5, 0.6) is 0 Å². The molecule has 3 rings (SSSR count). The minimum Gasteiger partial charge on any atom is -0.103 e. The summed E-state index contributed by atoms with van der Waals surface area (Å²) >= 11 is 0. The predicted octanol–water partition coefficient (Wildman–Crippen LogP) is 8.43. The Morgan fingerprint density at radius 2 is 1.00 bits per heavy atom. The average Bonchev–Trinajstić information content (AvgIpc) is 3.26. The molecular weight excluding hydrogens is 363 g/mol. The van der Waals surface area contributed by atoms with E-state index < -0.39 is 16.1 Å². The molecule has 0 amide bonds. The Kier molecular flexibility index (Phi) is 7.22. The van der Waals surface area contributed by atoms with Gasteiger partial charge in [0.2, 0.25) is 0 Å². The van der Waals surface area contributed by atoms with Crippen molar-refractivity contribution in [2.24, 2.45) is 11.8 Å². The highest BCUT2D eigenvalue weighted by atomic mass is 31.1. The summed E-state index contributed by atoms with van der Waals surface area (Å²) in [7, 11) is -1.61. The third-order valence-electron chi connectivity index (χ3n) is 8.32. The SMILES string of the molecule is C[Si](C)(C)C1CCCC1CP(CC1CCCC1[Si](C)(C)C)C1CCCC1. The third-order valence-corrected chi connectivity index (χ3v) is 17.7. The molecule has 3 heteroatoms. The molecule has 0 aromatic heterocycles. The van der Waals surface area contributed by atoms with E-state index in [1.807, 2.05) is 0 Å². The lowest BCUT2D eigenvalue weighted by atomic mass is 10.1. The summed E-state index contributed by atoms with van der Waals surface area (Å²) in [6.45, 7) is 16.0. The van der Waals surface area contributed by atoms with Gasteiger partial charge in [0.25, 0.3) is 0 Å². The van der Waals surface area contributed by atoms with Crippen molar-refractivity contribution in [2.75, 3.05) is 12.3 Å². The molecule has 0 aromatic rings. The average molecular weight is 411 g/mol. The van der Waals surface area contributed by atoms with Gasteiger partial charge in [-0.25, -0.2) is 0 Å². The number of hydrogen-bond acceptors (Lipinski definition) is 0. The van der Waals surface area contributed by atoms with Gasteiger partial charge in [0.15, 0.2) is 0 Å². The van der Waals surface area contributed by atoms with Gasteiger partial charge in [0.1, 0.15) is 0 Å². The van der Waals surface area contributed by atoms with E-state index >= 15 is 0 Å². The summed E-state index contributed by atoms with van der Waals surface area (Å²) in [5.74, 6) is 2.25. The first-order chi connectivity index (χ1) is 12.2. The maximum absolute atomic E-state index is 2.66. The van der Waals surface area contributed by atoms with Gasteiger partial charge in [-0.05, 0) is 53.7 Å². The summed E-state index contributed by atoms with van der Waals surface area (Å²) < 4.78 is 0. The normalized spacial score (nSPS) is 35.3. The fourth-order valence-electron chi connectivity index (χ4n) is 7.04. The quantitative estimate of drug-likeness (QED) is 0.292. The van der Waals surface area contributed by atoms with E-state index in [9.17, 15) is 0 Å². The standard InChI is InChI=1S/C23H47PSi2/c1-25(2,3)22-15-9-11-19(22)17-24(21-13-7-8-14-21)18-20-12-10-16-23(20)26(4,5)6/h19-23H,7-18H2,1-6H3. The largest absolute Gasteiger partial charge is 0.103 e. The molecule has 0 spiro atoms. The van der Waals surface area contributed by atoms with Gasteiger partial charge >= 0.3 is 0 Å². The predicted molar refractivity (Wildman–Crippen MR) is 128 cm³/mol. The molecule has 0 nitrogen and oxygen atoms in total. The number of hydrogen-bond donors (Lipinski definition) is 0. The third kappa shape index (κ3) is 5.26. The van der Waals surface area contributed by atoms with Crippen molar-refractivity contribution in [2.45, 2.75) is 120 Å². The van der Waals surface area contributed by atoms with Crippen LogP contribution in [0.25, 0.3) is 0 Å². The molecule has 4 atom stereocenters. The molecule has 3 fully saturated rings. The van der Waals surface area contributed by atoms with Crippen LogP contribution in [0.1, 0.15) is 64.2 Å². The van der Waals surface area contributed by atoms with E-state index in [0.717, 1.165) is 28.6 Å². The van der Waals surface area contributed by atoms with E-state index in [1.165, 1.54) is 0 Å². The van der Waals surface area contributed by atoms with Gasteiger partial charge < -0.3 is 0 Å². The summed E-state index contributed by atoms with van der Waals surface area (Å²) in [5, 5.41) is 0. The highest BCUT2D eigenvalue weighted by Crippen LogP contribution is 2.59. The Bertz CT molecular complexity index is 410. The van der Waals surface area contributed by atoms with E-state index in [2.05, 4.69) is 39.3 Å². The minimum absolute atomic E-state index is 0.313. The zero-order valence-electron chi connectivity index (χ0n) is 18.8. The maximum atomic E-state index is 2.66. The topological polar surface area (TPSA) is 0 Å². The molecule has 152 valence electrons. The lowest BCUT2D eigenvalue weighted by Gasteiger charge is -2.38. The molecule has 3 saturated carbocycles. The first-order valence-electron chi connectivity index (χ1n) is 11.9. The van der Waals surface area contributed by atoms with Crippen molar-refractivity contribution >= 4 is 24.1 Å². The zero-order valence-corrected chi connectivity index (χ0v) is 21.7. The van der Waals surface area contributed by atoms with Crippen LogP contribution in [0.2, 0.25) is 50.4 Å². The number of rotatable bonds is 7. The summed E-state index contributed by atoms with van der Waals surface area (Å²) in [4.78, 5) is 0. The summed E-state index contributed by atoms with van der Waals surface area (Å²) in [5.41, 5.74) is 3.45. The lowest BCUT2D eigenvalue weighted by Crippen LogP contribution is -2.33. The fraction of sp³-hybridized carbons (Fsp3) is 1.00. The monoisotopic (exact) mass is 410 g/mol. The zero-order chi connectivity index (χ0) is 18.9. The van der Waals surface area contributed by atoms with E-state index in [-0.39, 0.29) is 0 Å². The van der Waals surface area contributed by atoms with Crippen molar-refractivity contribution in [1.29, 1.82) is 0 Å². The molecule has 26 heavy (non-hydrogen) atoms. The van der Waals surface area contributed by atoms with Gasteiger partial charge in [-0.2, -0.15) is 0 Å². The van der Waals surface area contributed by atoms with Crippen LogP contribution < -0.4 is 0 Å². The van der Waals surface area contributed by atoms with Crippen LogP contribution in [0.4, 0.5) is 0 Å². The molecule has 0 N–H and O–H groups in total. The van der Waals surface area contributed by atoms with Crippen molar-refractivity contribution < 1.29 is 0 Å². The fourth-order valence-corrected chi connectivity index (χ4v) is 16.9. The Hall–Kier alpha value is 0.864.